The molecule has 1 aromatic carbocycles. The first kappa shape index (κ1) is 21.9. The lowest BCUT2D eigenvalue weighted by atomic mass is 10.1. The van der Waals surface area contributed by atoms with Gasteiger partial charge in [0.15, 0.2) is 6.61 Å². The van der Waals surface area contributed by atoms with E-state index in [0.29, 0.717) is 28.0 Å². The summed E-state index contributed by atoms with van der Waals surface area (Å²) in [6, 6.07) is 13.2. The van der Waals surface area contributed by atoms with Gasteiger partial charge >= 0.3 is 5.97 Å². The molecule has 0 atom stereocenters. The third-order valence-corrected chi connectivity index (χ3v) is 6.13. The maximum absolute atomic E-state index is 12.9. The average Bonchev–Trinajstić information content (AvgIpc) is 3.50. The summed E-state index contributed by atoms with van der Waals surface area (Å²) in [4.78, 5) is 17.4. The van der Waals surface area contributed by atoms with Crippen molar-refractivity contribution < 1.29 is 18.5 Å². The summed E-state index contributed by atoms with van der Waals surface area (Å²) in [5, 5.41) is 22.3. The van der Waals surface area contributed by atoms with Crippen LogP contribution in [-0.2, 0) is 11.3 Å². The summed E-state index contributed by atoms with van der Waals surface area (Å²) in [6.45, 7) is 1.52. The molecule has 1 aliphatic carbocycles. The lowest BCUT2D eigenvalue weighted by Gasteiger charge is -2.09. The van der Waals surface area contributed by atoms with E-state index in [-0.39, 0.29) is 29.5 Å². The Morgan fingerprint density at radius 3 is 2.76 bits per heavy atom. The summed E-state index contributed by atoms with van der Waals surface area (Å²) in [5.41, 5.74) is 3.23. The Bertz CT molecular complexity index is 1400. The predicted molar refractivity (Wildman–Crippen MR) is 122 cm³/mol. The normalized spacial score (nSPS) is 13.0. The molecule has 0 saturated heterocycles. The van der Waals surface area contributed by atoms with Crippen molar-refractivity contribution in [2.75, 3.05) is 6.26 Å². The summed E-state index contributed by atoms with van der Waals surface area (Å²) in [6.07, 6.45) is 3.88. The van der Waals surface area contributed by atoms with Crippen LogP contribution < -0.4 is 0 Å². The molecule has 3 aromatic heterocycles. The van der Waals surface area contributed by atoms with Crippen molar-refractivity contribution in [3.8, 4) is 28.8 Å². The Hall–Kier alpha value is -3.97. The molecular weight excluding hydrogens is 454 g/mol. The van der Waals surface area contributed by atoms with Crippen LogP contribution in [0.1, 0.15) is 52.0 Å². The molecule has 9 nitrogen and oxygen atoms in total. The molecular formula is C24H19N5O4S. The predicted octanol–water partition coefficient (Wildman–Crippen LogP) is 4.92. The van der Waals surface area contributed by atoms with Crippen LogP contribution in [0.2, 0.25) is 0 Å². The number of ether oxygens (including phenoxy) is 1. The first-order valence-electron chi connectivity index (χ1n) is 10.6. The number of hydrogen-bond donors (Lipinski definition) is 0. The summed E-state index contributed by atoms with van der Waals surface area (Å²) < 4.78 is 16.5. The number of nitriles is 1. The van der Waals surface area contributed by atoms with Gasteiger partial charge in [0.05, 0.1) is 11.1 Å². The van der Waals surface area contributed by atoms with Crippen LogP contribution >= 0.6 is 11.8 Å². The number of pyridine rings is 1. The SMILES string of the molecule is CSc1nc(C2CC2)cc(C(=O)OCc2nnc(-c3c(-c4ccccc4)noc3C)o2)c1C#N. The first-order chi connectivity index (χ1) is 16.6. The fraction of sp³-hybridized carbons (Fsp3) is 0.250. The van der Waals surface area contributed by atoms with Crippen molar-refractivity contribution in [3.05, 3.63) is 64.9 Å². The molecule has 0 aliphatic heterocycles. The number of thioether (sulfide) groups is 1. The highest BCUT2D eigenvalue weighted by atomic mass is 32.2. The van der Waals surface area contributed by atoms with Crippen molar-refractivity contribution in [3.63, 3.8) is 0 Å². The molecule has 1 fully saturated rings. The monoisotopic (exact) mass is 473 g/mol. The van der Waals surface area contributed by atoms with Crippen LogP contribution in [0, 0.1) is 18.3 Å². The number of benzene rings is 1. The minimum absolute atomic E-state index is 0.114. The second kappa shape index (κ2) is 9.11. The highest BCUT2D eigenvalue weighted by molar-refractivity contribution is 7.98. The molecule has 5 rings (SSSR count). The van der Waals surface area contributed by atoms with E-state index in [1.807, 2.05) is 36.6 Å². The zero-order chi connectivity index (χ0) is 23.7. The molecule has 1 aliphatic rings. The van der Waals surface area contributed by atoms with E-state index < -0.39 is 5.97 Å². The van der Waals surface area contributed by atoms with Gasteiger partial charge < -0.3 is 13.7 Å². The van der Waals surface area contributed by atoms with E-state index in [4.69, 9.17) is 13.7 Å². The maximum atomic E-state index is 12.9. The van der Waals surface area contributed by atoms with Gasteiger partial charge in [0.2, 0.25) is 0 Å². The molecule has 0 unspecified atom stereocenters. The van der Waals surface area contributed by atoms with Crippen LogP contribution in [0.5, 0.6) is 0 Å². The second-order valence-corrected chi connectivity index (χ2v) is 8.57. The summed E-state index contributed by atoms with van der Waals surface area (Å²) in [5.74, 6) is 0.545. The number of carbonyl (C=O) groups excluding carboxylic acids is 1. The van der Waals surface area contributed by atoms with E-state index in [2.05, 4.69) is 26.4 Å². The first-order valence-corrected chi connectivity index (χ1v) is 11.8. The molecule has 10 heteroatoms. The Labute approximate surface area is 199 Å². The molecule has 0 radical (unpaired) electrons. The quantitative estimate of drug-likeness (QED) is 0.269. The van der Waals surface area contributed by atoms with Gasteiger partial charge in [0.25, 0.3) is 11.8 Å². The molecule has 0 bridgehead atoms. The van der Waals surface area contributed by atoms with Crippen LogP contribution in [0.3, 0.4) is 0 Å². The number of rotatable bonds is 7. The van der Waals surface area contributed by atoms with Crippen LogP contribution in [0.25, 0.3) is 22.7 Å². The number of hydrogen-bond acceptors (Lipinski definition) is 10. The second-order valence-electron chi connectivity index (χ2n) is 7.77. The van der Waals surface area contributed by atoms with Crippen molar-refractivity contribution in [1.82, 2.24) is 20.3 Å². The standard InChI is InChI=1S/C24H19N5O4S/c1-13-20(21(29-33-13)15-6-4-3-5-7-15)22-28-27-19(32-22)12-31-24(30)16-10-18(14-8-9-14)26-23(34-2)17(16)11-25/h3-7,10,14H,8-9,12H2,1-2H3. The van der Waals surface area contributed by atoms with Gasteiger partial charge in [-0.1, -0.05) is 35.5 Å². The van der Waals surface area contributed by atoms with Gasteiger partial charge in [-0.25, -0.2) is 9.78 Å². The van der Waals surface area contributed by atoms with E-state index in [9.17, 15) is 10.1 Å². The van der Waals surface area contributed by atoms with Gasteiger partial charge in [-0.15, -0.1) is 22.0 Å². The molecule has 1 saturated carbocycles. The topological polar surface area (TPSA) is 128 Å². The summed E-state index contributed by atoms with van der Waals surface area (Å²) >= 11 is 1.33. The Kier molecular flexibility index (Phi) is 5.86. The van der Waals surface area contributed by atoms with E-state index in [1.54, 1.807) is 13.0 Å². The number of nitrogens with zero attached hydrogens (tertiary/aromatic N) is 5. The smallest absolute Gasteiger partial charge is 0.340 e. The Morgan fingerprint density at radius 2 is 2.06 bits per heavy atom. The molecule has 0 spiro atoms. The fourth-order valence-corrected chi connectivity index (χ4v) is 4.14. The third kappa shape index (κ3) is 4.18. The maximum Gasteiger partial charge on any atom is 0.340 e. The van der Waals surface area contributed by atoms with Crippen molar-refractivity contribution in [1.29, 1.82) is 5.26 Å². The number of carbonyl (C=O) groups is 1. The van der Waals surface area contributed by atoms with Crippen LogP contribution in [0.4, 0.5) is 0 Å². The Morgan fingerprint density at radius 1 is 1.26 bits per heavy atom. The molecule has 0 N–H and O–H groups in total. The number of esters is 1. The number of aryl methyl sites for hydroxylation is 1. The van der Waals surface area contributed by atoms with E-state index >= 15 is 0 Å². The average molecular weight is 474 g/mol. The van der Waals surface area contributed by atoms with Crippen molar-refractivity contribution >= 4 is 17.7 Å². The Balaban J connectivity index is 1.37. The zero-order valence-corrected chi connectivity index (χ0v) is 19.3. The highest BCUT2D eigenvalue weighted by Crippen LogP contribution is 2.41. The molecule has 34 heavy (non-hydrogen) atoms. The largest absolute Gasteiger partial charge is 0.452 e. The van der Waals surface area contributed by atoms with Gasteiger partial charge in [-0.05, 0) is 32.1 Å². The number of aromatic nitrogens is 4. The fourth-order valence-electron chi connectivity index (χ4n) is 3.58. The van der Waals surface area contributed by atoms with Crippen molar-refractivity contribution in [2.24, 2.45) is 0 Å². The van der Waals surface area contributed by atoms with E-state index in [0.717, 1.165) is 24.1 Å². The molecule has 4 aromatic rings. The van der Waals surface area contributed by atoms with Gasteiger partial charge in [-0.2, -0.15) is 5.26 Å². The van der Waals surface area contributed by atoms with Gasteiger partial charge in [0.1, 0.15) is 28.1 Å². The van der Waals surface area contributed by atoms with E-state index in [1.165, 1.54) is 11.8 Å². The van der Waals surface area contributed by atoms with Crippen LogP contribution in [-0.4, -0.2) is 32.6 Å². The van der Waals surface area contributed by atoms with Crippen LogP contribution in [0.15, 0.2) is 50.4 Å². The van der Waals surface area contributed by atoms with Crippen molar-refractivity contribution in [2.45, 2.75) is 37.3 Å². The molecule has 3 heterocycles. The minimum atomic E-state index is -0.637. The lowest BCUT2D eigenvalue weighted by molar-refractivity contribution is 0.0437. The minimum Gasteiger partial charge on any atom is -0.452 e. The molecule has 0 amide bonds. The van der Waals surface area contributed by atoms with Gasteiger partial charge in [-0.3, -0.25) is 0 Å². The highest BCUT2D eigenvalue weighted by Gasteiger charge is 2.29. The summed E-state index contributed by atoms with van der Waals surface area (Å²) in [7, 11) is 0. The van der Waals surface area contributed by atoms with Gasteiger partial charge in [0, 0.05) is 17.2 Å². The zero-order valence-electron chi connectivity index (χ0n) is 18.4. The molecule has 170 valence electrons. The third-order valence-electron chi connectivity index (χ3n) is 5.44. The lowest BCUT2D eigenvalue weighted by Crippen LogP contribution is -2.10.